The standard InChI is InChI=1S/C15H28N2O/c1-3-5-7-16-9-13-11-17(8-6-4-2)12-14(10-16)15(13)18/h13-14H,3-12H2,1-2H3. The highest BCUT2D eigenvalue weighted by Gasteiger charge is 2.40. The molecule has 18 heavy (non-hydrogen) atoms. The van der Waals surface area contributed by atoms with Crippen molar-refractivity contribution in [2.45, 2.75) is 39.5 Å². The molecule has 0 amide bonds. The zero-order chi connectivity index (χ0) is 13.0. The maximum atomic E-state index is 12.2. The van der Waals surface area contributed by atoms with Crippen LogP contribution in [0.2, 0.25) is 0 Å². The second-order valence-electron chi connectivity index (χ2n) is 6.02. The number of hydrogen-bond donors (Lipinski definition) is 0. The Kier molecular flexibility index (Phi) is 5.19. The molecule has 0 atom stereocenters. The smallest absolute Gasteiger partial charge is 0.144 e. The summed E-state index contributed by atoms with van der Waals surface area (Å²) in [5.74, 6) is 1.15. The average Bonchev–Trinajstić information content (AvgIpc) is 2.35. The summed E-state index contributed by atoms with van der Waals surface area (Å²) in [6.45, 7) is 10.9. The molecule has 2 saturated heterocycles. The third kappa shape index (κ3) is 3.33. The van der Waals surface area contributed by atoms with Crippen molar-refractivity contribution in [1.82, 2.24) is 9.80 Å². The summed E-state index contributed by atoms with van der Waals surface area (Å²) in [5.41, 5.74) is 0. The molecular weight excluding hydrogens is 224 g/mol. The molecule has 0 spiro atoms. The van der Waals surface area contributed by atoms with Gasteiger partial charge in [0.05, 0.1) is 0 Å². The molecule has 0 unspecified atom stereocenters. The fourth-order valence-electron chi connectivity index (χ4n) is 3.33. The number of Topliss-reactive ketones (excluding diaryl/α,β-unsaturated/α-hetero) is 1. The van der Waals surface area contributed by atoms with Gasteiger partial charge >= 0.3 is 0 Å². The van der Waals surface area contributed by atoms with Gasteiger partial charge in [0.2, 0.25) is 0 Å². The first-order valence-electron chi connectivity index (χ1n) is 7.73. The summed E-state index contributed by atoms with van der Waals surface area (Å²) in [4.78, 5) is 17.2. The maximum absolute atomic E-state index is 12.2. The van der Waals surface area contributed by atoms with Crippen molar-refractivity contribution in [2.75, 3.05) is 39.3 Å². The Morgan fingerprint density at radius 1 is 0.889 bits per heavy atom. The number of likely N-dealkylation sites (tertiary alicyclic amines) is 2. The van der Waals surface area contributed by atoms with Crippen molar-refractivity contribution in [3.8, 4) is 0 Å². The number of hydrogen-bond acceptors (Lipinski definition) is 3. The van der Waals surface area contributed by atoms with Crippen molar-refractivity contribution in [2.24, 2.45) is 11.8 Å². The Morgan fingerprint density at radius 3 is 1.61 bits per heavy atom. The van der Waals surface area contributed by atoms with E-state index < -0.39 is 0 Å². The summed E-state index contributed by atoms with van der Waals surface area (Å²) in [5, 5.41) is 0. The van der Waals surface area contributed by atoms with Gasteiger partial charge < -0.3 is 9.80 Å². The number of unbranched alkanes of at least 4 members (excludes halogenated alkanes) is 2. The van der Waals surface area contributed by atoms with Crippen molar-refractivity contribution in [3.63, 3.8) is 0 Å². The molecule has 0 aromatic heterocycles. The van der Waals surface area contributed by atoms with Crippen LogP contribution >= 0.6 is 0 Å². The fraction of sp³-hybridized carbons (Fsp3) is 0.933. The van der Waals surface area contributed by atoms with E-state index in [1.807, 2.05) is 0 Å². The number of carbonyl (C=O) groups is 1. The van der Waals surface area contributed by atoms with Gasteiger partial charge in [-0.05, 0) is 25.9 Å². The molecule has 0 aromatic rings. The third-order valence-corrected chi connectivity index (χ3v) is 4.37. The number of rotatable bonds is 6. The zero-order valence-electron chi connectivity index (χ0n) is 12.0. The quantitative estimate of drug-likeness (QED) is 0.722. The SMILES string of the molecule is CCCCN1CC2CN(CCCC)CC(C1)C2=O. The topological polar surface area (TPSA) is 23.6 Å². The minimum Gasteiger partial charge on any atom is -0.302 e. The molecule has 0 N–H and O–H groups in total. The second-order valence-corrected chi connectivity index (χ2v) is 6.02. The van der Waals surface area contributed by atoms with E-state index >= 15 is 0 Å². The number of nitrogens with zero attached hydrogens (tertiary/aromatic N) is 2. The van der Waals surface area contributed by atoms with Crippen molar-refractivity contribution in [1.29, 1.82) is 0 Å². The lowest BCUT2D eigenvalue weighted by Gasteiger charge is -2.44. The molecule has 0 aromatic carbocycles. The van der Waals surface area contributed by atoms with E-state index in [-0.39, 0.29) is 0 Å². The van der Waals surface area contributed by atoms with E-state index in [1.54, 1.807) is 0 Å². The Bertz CT molecular complexity index is 242. The largest absolute Gasteiger partial charge is 0.302 e. The van der Waals surface area contributed by atoms with E-state index in [0.717, 1.165) is 26.2 Å². The normalized spacial score (nSPS) is 29.8. The number of piperidine rings is 2. The highest BCUT2D eigenvalue weighted by molar-refractivity contribution is 5.85. The minimum atomic E-state index is 0.297. The average molecular weight is 252 g/mol. The van der Waals surface area contributed by atoms with Crippen molar-refractivity contribution in [3.05, 3.63) is 0 Å². The Hall–Kier alpha value is -0.410. The number of carbonyl (C=O) groups excluding carboxylic acids is 1. The van der Waals surface area contributed by atoms with Crippen LogP contribution in [-0.4, -0.2) is 54.9 Å². The van der Waals surface area contributed by atoms with Crippen LogP contribution in [0.4, 0.5) is 0 Å². The van der Waals surface area contributed by atoms with E-state index in [2.05, 4.69) is 23.6 Å². The van der Waals surface area contributed by atoms with Crippen LogP contribution in [0.15, 0.2) is 0 Å². The summed E-state index contributed by atoms with van der Waals surface area (Å²) < 4.78 is 0. The third-order valence-electron chi connectivity index (χ3n) is 4.37. The molecule has 3 nitrogen and oxygen atoms in total. The van der Waals surface area contributed by atoms with Crippen LogP contribution in [0.1, 0.15) is 39.5 Å². The molecule has 3 heteroatoms. The molecule has 2 aliphatic rings. The fourth-order valence-corrected chi connectivity index (χ4v) is 3.33. The molecule has 2 rings (SSSR count). The molecule has 2 heterocycles. The first-order chi connectivity index (χ1) is 8.74. The lowest BCUT2D eigenvalue weighted by Crippen LogP contribution is -2.58. The van der Waals surface area contributed by atoms with Crippen LogP contribution in [0, 0.1) is 11.8 Å². The molecule has 2 fully saturated rings. The minimum absolute atomic E-state index is 0.297. The van der Waals surface area contributed by atoms with Gasteiger partial charge in [-0.2, -0.15) is 0 Å². The van der Waals surface area contributed by atoms with Crippen LogP contribution in [-0.2, 0) is 4.79 Å². The molecule has 104 valence electrons. The van der Waals surface area contributed by atoms with Gasteiger partial charge in [0.15, 0.2) is 0 Å². The Labute approximate surface area is 112 Å². The molecule has 2 bridgehead atoms. The number of ketones is 1. The second kappa shape index (κ2) is 6.67. The predicted octanol–water partition coefficient (Wildman–Crippen LogP) is 2.02. The van der Waals surface area contributed by atoms with Crippen LogP contribution in [0.3, 0.4) is 0 Å². The molecule has 0 saturated carbocycles. The van der Waals surface area contributed by atoms with Crippen LogP contribution in [0.25, 0.3) is 0 Å². The van der Waals surface area contributed by atoms with Crippen LogP contribution < -0.4 is 0 Å². The highest BCUT2D eigenvalue weighted by Crippen LogP contribution is 2.25. The van der Waals surface area contributed by atoms with Gasteiger partial charge in [0.25, 0.3) is 0 Å². The van der Waals surface area contributed by atoms with Crippen molar-refractivity contribution >= 4 is 5.78 Å². The lowest BCUT2D eigenvalue weighted by atomic mass is 9.83. The zero-order valence-corrected chi connectivity index (χ0v) is 12.0. The summed E-state index contributed by atoms with van der Waals surface area (Å²) in [7, 11) is 0. The maximum Gasteiger partial charge on any atom is 0.144 e. The lowest BCUT2D eigenvalue weighted by molar-refractivity contribution is -0.137. The molecular formula is C15H28N2O. The van der Waals surface area contributed by atoms with E-state index in [9.17, 15) is 4.79 Å². The van der Waals surface area contributed by atoms with E-state index in [0.29, 0.717) is 17.6 Å². The van der Waals surface area contributed by atoms with Gasteiger partial charge in [0.1, 0.15) is 5.78 Å². The Balaban J connectivity index is 1.87. The van der Waals surface area contributed by atoms with Gasteiger partial charge in [0, 0.05) is 38.0 Å². The Morgan fingerprint density at radius 2 is 1.28 bits per heavy atom. The molecule has 0 radical (unpaired) electrons. The first kappa shape index (κ1) is 14.0. The monoisotopic (exact) mass is 252 g/mol. The molecule has 2 aliphatic heterocycles. The van der Waals surface area contributed by atoms with Gasteiger partial charge in [-0.15, -0.1) is 0 Å². The van der Waals surface area contributed by atoms with E-state index in [4.69, 9.17) is 0 Å². The number of fused-ring (bicyclic) bond motifs is 2. The summed E-state index contributed by atoms with van der Waals surface area (Å²) in [6, 6.07) is 0. The summed E-state index contributed by atoms with van der Waals surface area (Å²) >= 11 is 0. The van der Waals surface area contributed by atoms with Gasteiger partial charge in [-0.1, -0.05) is 26.7 Å². The highest BCUT2D eigenvalue weighted by atomic mass is 16.1. The van der Waals surface area contributed by atoms with Crippen LogP contribution in [0.5, 0.6) is 0 Å². The van der Waals surface area contributed by atoms with E-state index in [1.165, 1.54) is 38.8 Å². The van der Waals surface area contributed by atoms with Gasteiger partial charge in [-0.3, -0.25) is 4.79 Å². The summed E-state index contributed by atoms with van der Waals surface area (Å²) in [6.07, 6.45) is 5.05. The molecule has 0 aliphatic carbocycles. The first-order valence-corrected chi connectivity index (χ1v) is 7.73. The van der Waals surface area contributed by atoms with Gasteiger partial charge in [-0.25, -0.2) is 0 Å². The van der Waals surface area contributed by atoms with Crippen molar-refractivity contribution < 1.29 is 4.79 Å². The predicted molar refractivity (Wildman–Crippen MR) is 74.7 cm³/mol.